The number of aromatic nitrogens is 2. The molecule has 2 atom stereocenters. The first-order valence-electron chi connectivity index (χ1n) is 8.98. The molecule has 0 unspecified atom stereocenters. The van der Waals surface area contributed by atoms with Crippen molar-refractivity contribution in [1.82, 2.24) is 9.97 Å². The van der Waals surface area contributed by atoms with Gasteiger partial charge in [-0.25, -0.2) is 14.4 Å². The minimum Gasteiger partial charge on any atom is -0.464 e. The fourth-order valence-corrected chi connectivity index (χ4v) is 3.15. The summed E-state index contributed by atoms with van der Waals surface area (Å²) in [6, 6.07) is 9.91. The number of nitriles is 1. The summed E-state index contributed by atoms with van der Waals surface area (Å²) >= 11 is 0. The molecule has 1 aliphatic rings. The minimum absolute atomic E-state index is 0.0328. The standard InChI is InChI=1S/C20H21FN4O2/c21-18-6-4-15(5-7-18)11-16(12-22)14-27-19(26)17-3-1-10-25(13-17)20-23-8-2-9-24-20/h2,4-9,16-17H,1,3,10-11,13-14H2/t16-,17+/m0/s1. The molecule has 6 nitrogen and oxygen atoms in total. The quantitative estimate of drug-likeness (QED) is 0.730. The van der Waals surface area contributed by atoms with Crippen LogP contribution in [0.15, 0.2) is 42.7 Å². The summed E-state index contributed by atoms with van der Waals surface area (Å²) in [4.78, 5) is 22.9. The number of carbonyl (C=O) groups excluding carboxylic acids is 1. The van der Waals surface area contributed by atoms with Gasteiger partial charge in [-0.05, 0) is 43.0 Å². The van der Waals surface area contributed by atoms with Crippen molar-refractivity contribution in [1.29, 1.82) is 5.26 Å². The monoisotopic (exact) mass is 368 g/mol. The van der Waals surface area contributed by atoms with Gasteiger partial charge in [0.05, 0.1) is 17.9 Å². The lowest BCUT2D eigenvalue weighted by molar-refractivity contribution is -0.149. The van der Waals surface area contributed by atoms with Crippen molar-refractivity contribution >= 4 is 11.9 Å². The van der Waals surface area contributed by atoms with Crippen molar-refractivity contribution in [3.05, 3.63) is 54.1 Å². The number of rotatable bonds is 6. The summed E-state index contributed by atoms with van der Waals surface area (Å²) in [6.07, 6.45) is 5.37. The predicted octanol–water partition coefficient (Wildman–Crippen LogP) is 2.76. The third kappa shape index (κ3) is 5.23. The summed E-state index contributed by atoms with van der Waals surface area (Å²) < 4.78 is 18.4. The largest absolute Gasteiger partial charge is 0.464 e. The van der Waals surface area contributed by atoms with Crippen LogP contribution in [0.2, 0.25) is 0 Å². The van der Waals surface area contributed by atoms with Gasteiger partial charge in [-0.15, -0.1) is 0 Å². The van der Waals surface area contributed by atoms with Gasteiger partial charge in [-0.1, -0.05) is 12.1 Å². The predicted molar refractivity (Wildman–Crippen MR) is 97.1 cm³/mol. The van der Waals surface area contributed by atoms with Gasteiger partial charge in [-0.2, -0.15) is 5.26 Å². The normalized spacial score (nSPS) is 17.8. The Morgan fingerprint density at radius 3 is 2.78 bits per heavy atom. The Kier molecular flexibility index (Phi) is 6.31. The van der Waals surface area contributed by atoms with E-state index in [1.807, 2.05) is 4.90 Å². The van der Waals surface area contributed by atoms with E-state index in [1.165, 1.54) is 12.1 Å². The molecule has 0 N–H and O–H groups in total. The summed E-state index contributed by atoms with van der Waals surface area (Å²) in [5.41, 5.74) is 0.837. The van der Waals surface area contributed by atoms with E-state index in [0.29, 0.717) is 18.9 Å². The fraction of sp³-hybridized carbons (Fsp3) is 0.400. The maximum atomic E-state index is 13.0. The molecule has 1 saturated heterocycles. The Morgan fingerprint density at radius 1 is 1.33 bits per heavy atom. The molecule has 0 saturated carbocycles. The molecule has 3 rings (SSSR count). The van der Waals surface area contributed by atoms with Gasteiger partial charge in [0.2, 0.25) is 5.95 Å². The van der Waals surface area contributed by atoms with Crippen LogP contribution in [0.1, 0.15) is 18.4 Å². The second kappa shape index (κ2) is 9.08. The molecule has 140 valence electrons. The van der Waals surface area contributed by atoms with Gasteiger partial charge in [0.15, 0.2) is 0 Å². The lowest BCUT2D eigenvalue weighted by Crippen LogP contribution is -2.40. The van der Waals surface area contributed by atoms with Crippen molar-refractivity contribution in [2.75, 3.05) is 24.6 Å². The maximum Gasteiger partial charge on any atom is 0.310 e. The minimum atomic E-state index is -0.462. The van der Waals surface area contributed by atoms with Crippen LogP contribution in [-0.4, -0.2) is 35.6 Å². The average molecular weight is 368 g/mol. The van der Waals surface area contributed by atoms with E-state index in [-0.39, 0.29) is 24.3 Å². The lowest BCUT2D eigenvalue weighted by atomic mass is 9.98. The third-order valence-electron chi connectivity index (χ3n) is 4.59. The number of benzene rings is 1. The number of nitrogens with zero attached hydrogens (tertiary/aromatic N) is 4. The van der Waals surface area contributed by atoms with E-state index in [2.05, 4.69) is 16.0 Å². The summed E-state index contributed by atoms with van der Waals surface area (Å²) in [5, 5.41) is 9.32. The Labute approximate surface area is 157 Å². The number of carbonyl (C=O) groups is 1. The highest BCUT2D eigenvalue weighted by atomic mass is 19.1. The summed E-state index contributed by atoms with van der Waals surface area (Å²) in [5.74, 6) is -0.719. The van der Waals surface area contributed by atoms with E-state index in [1.54, 1.807) is 30.6 Å². The second-order valence-electron chi connectivity index (χ2n) is 6.62. The molecule has 0 radical (unpaired) electrons. The van der Waals surface area contributed by atoms with E-state index < -0.39 is 5.92 Å². The second-order valence-corrected chi connectivity index (χ2v) is 6.62. The average Bonchev–Trinajstić information content (AvgIpc) is 2.73. The van der Waals surface area contributed by atoms with E-state index in [9.17, 15) is 14.4 Å². The van der Waals surface area contributed by atoms with Gasteiger partial charge in [0, 0.05) is 25.5 Å². The molecular formula is C20H21FN4O2. The molecule has 0 spiro atoms. The Bertz CT molecular complexity index is 792. The molecule has 1 aromatic carbocycles. The van der Waals surface area contributed by atoms with Crippen molar-refractivity contribution in [2.24, 2.45) is 11.8 Å². The molecular weight excluding hydrogens is 347 g/mol. The molecule has 7 heteroatoms. The van der Waals surface area contributed by atoms with Gasteiger partial charge < -0.3 is 9.64 Å². The first-order valence-corrected chi connectivity index (χ1v) is 8.98. The number of piperidine rings is 1. The highest BCUT2D eigenvalue weighted by Crippen LogP contribution is 2.21. The van der Waals surface area contributed by atoms with Gasteiger partial charge in [0.25, 0.3) is 0 Å². The highest BCUT2D eigenvalue weighted by molar-refractivity contribution is 5.73. The molecule has 2 heterocycles. The number of hydrogen-bond donors (Lipinski definition) is 0. The summed E-state index contributed by atoms with van der Waals surface area (Å²) in [7, 11) is 0. The van der Waals surface area contributed by atoms with Crippen molar-refractivity contribution < 1.29 is 13.9 Å². The molecule has 0 aliphatic carbocycles. The SMILES string of the molecule is N#C[C@@H](COC(=O)[C@@H]1CCCN(c2ncccn2)C1)Cc1ccc(F)cc1. The molecule has 1 fully saturated rings. The molecule has 0 amide bonds. The van der Waals surface area contributed by atoms with Crippen molar-refractivity contribution in [3.8, 4) is 6.07 Å². The smallest absolute Gasteiger partial charge is 0.310 e. The topological polar surface area (TPSA) is 79.1 Å². The molecule has 27 heavy (non-hydrogen) atoms. The number of halogens is 1. The van der Waals surface area contributed by atoms with Crippen LogP contribution in [0.4, 0.5) is 10.3 Å². The first-order chi connectivity index (χ1) is 13.2. The number of esters is 1. The van der Waals surface area contributed by atoms with Crippen LogP contribution in [-0.2, 0) is 16.0 Å². The van der Waals surface area contributed by atoms with Gasteiger partial charge >= 0.3 is 5.97 Å². The zero-order valence-electron chi connectivity index (χ0n) is 14.9. The van der Waals surface area contributed by atoms with Crippen LogP contribution < -0.4 is 4.90 Å². The van der Waals surface area contributed by atoms with E-state index in [0.717, 1.165) is 24.9 Å². The van der Waals surface area contributed by atoms with Crippen molar-refractivity contribution in [2.45, 2.75) is 19.3 Å². The van der Waals surface area contributed by atoms with Crippen molar-refractivity contribution in [3.63, 3.8) is 0 Å². The Hall–Kier alpha value is -3.01. The summed E-state index contributed by atoms with van der Waals surface area (Å²) in [6.45, 7) is 1.35. The van der Waals surface area contributed by atoms with Gasteiger partial charge in [-0.3, -0.25) is 4.79 Å². The molecule has 1 aromatic heterocycles. The first kappa shape index (κ1) is 18.8. The van der Waals surface area contributed by atoms with Crippen LogP contribution in [0.3, 0.4) is 0 Å². The Morgan fingerprint density at radius 2 is 2.07 bits per heavy atom. The van der Waals surface area contributed by atoms with Crippen LogP contribution in [0.25, 0.3) is 0 Å². The van der Waals surface area contributed by atoms with Crippen LogP contribution >= 0.6 is 0 Å². The molecule has 0 bridgehead atoms. The number of ether oxygens (including phenoxy) is 1. The number of anilines is 1. The zero-order valence-corrected chi connectivity index (χ0v) is 14.9. The number of hydrogen-bond acceptors (Lipinski definition) is 6. The van der Waals surface area contributed by atoms with Crippen LogP contribution in [0.5, 0.6) is 0 Å². The lowest BCUT2D eigenvalue weighted by Gasteiger charge is -2.31. The molecule has 2 aromatic rings. The van der Waals surface area contributed by atoms with Crippen LogP contribution in [0, 0.1) is 29.0 Å². The zero-order chi connectivity index (χ0) is 19.1. The van der Waals surface area contributed by atoms with E-state index >= 15 is 0 Å². The maximum absolute atomic E-state index is 13.0. The Balaban J connectivity index is 1.51. The molecule has 1 aliphatic heterocycles. The highest BCUT2D eigenvalue weighted by Gasteiger charge is 2.28. The fourth-order valence-electron chi connectivity index (χ4n) is 3.15. The van der Waals surface area contributed by atoms with E-state index in [4.69, 9.17) is 4.74 Å². The van der Waals surface area contributed by atoms with Gasteiger partial charge in [0.1, 0.15) is 12.4 Å². The third-order valence-corrected chi connectivity index (χ3v) is 4.59.